The second kappa shape index (κ2) is 22.0. The minimum atomic E-state index is -1.95. The molecule has 2 N–H and O–H groups in total. The van der Waals surface area contributed by atoms with Crippen molar-refractivity contribution in [3.8, 4) is 17.6 Å². The smallest absolute Gasteiger partial charge is 0.259 e. The van der Waals surface area contributed by atoms with Crippen LogP contribution in [0.1, 0.15) is 73.0 Å². The molecule has 17 heteroatoms. The van der Waals surface area contributed by atoms with Gasteiger partial charge < -0.3 is 38.3 Å². The Balaban J connectivity index is 1.19. The third-order valence-electron chi connectivity index (χ3n) is 11.5. The summed E-state index contributed by atoms with van der Waals surface area (Å²) in [5.41, 5.74) is 2.93. The topological polar surface area (TPSA) is 171 Å². The molecule has 352 valence electrons. The van der Waals surface area contributed by atoms with Gasteiger partial charge in [-0.15, -0.1) is 0 Å². The van der Waals surface area contributed by atoms with Crippen molar-refractivity contribution in [1.82, 2.24) is 29.2 Å². The normalized spacial score (nSPS) is 18.4. The molecule has 0 aliphatic carbocycles. The van der Waals surface area contributed by atoms with Crippen molar-refractivity contribution in [2.24, 2.45) is 0 Å². The van der Waals surface area contributed by atoms with Crippen LogP contribution in [0.2, 0.25) is 0 Å². The van der Waals surface area contributed by atoms with E-state index in [0.29, 0.717) is 23.7 Å². The number of aromatic nitrogens is 5. The van der Waals surface area contributed by atoms with E-state index in [0.717, 1.165) is 22.3 Å². The molecule has 1 saturated heterocycles. The highest BCUT2D eigenvalue weighted by Crippen LogP contribution is 2.51. The van der Waals surface area contributed by atoms with Crippen molar-refractivity contribution in [3.05, 3.63) is 168 Å². The molecule has 2 unspecified atom stereocenters. The van der Waals surface area contributed by atoms with Gasteiger partial charge in [0.05, 0.1) is 39.1 Å². The number of ether oxygens (including phenoxy) is 4. The van der Waals surface area contributed by atoms with Crippen molar-refractivity contribution >= 4 is 31.4 Å². The molecule has 6 atom stereocenters. The van der Waals surface area contributed by atoms with E-state index in [1.807, 2.05) is 136 Å². The van der Waals surface area contributed by atoms with Gasteiger partial charge in [-0.1, -0.05) is 72.8 Å². The molecule has 3 aromatic heterocycles. The number of carbonyl (C=O) groups excluding carboxylic acids is 1. The van der Waals surface area contributed by atoms with Crippen LogP contribution in [0.3, 0.4) is 0 Å². The average Bonchev–Trinajstić information content (AvgIpc) is 4.12. The van der Waals surface area contributed by atoms with E-state index in [2.05, 4.69) is 31.3 Å². The summed E-state index contributed by atoms with van der Waals surface area (Å²) < 4.78 is 60.3. The lowest BCUT2D eigenvalue weighted by Crippen LogP contribution is -2.41. The SMILES string of the molecule is COc1ccc(C(OC[C@H]2O[C@@H](n3cnc4c(NC(=O)c5ccccc5)ncnc43)[C@@H](F)[C@@H]2OP(OCCC#N)N(C(C)C)C(C)C)(c2ccccc2)c2ccc(OCc3cc[nH]c3)cc2)cc1. The number of nitriles is 1. The van der Waals surface area contributed by atoms with E-state index in [1.54, 1.807) is 31.4 Å². The Morgan fingerprint density at radius 1 is 0.912 bits per heavy atom. The Labute approximate surface area is 396 Å². The molecule has 1 aliphatic heterocycles. The second-order valence-corrected chi connectivity index (χ2v) is 18.0. The number of hydrogen-bond donors (Lipinski definition) is 2. The molecule has 0 saturated carbocycles. The van der Waals surface area contributed by atoms with Gasteiger partial charge in [-0.2, -0.15) is 5.26 Å². The number of anilines is 1. The summed E-state index contributed by atoms with van der Waals surface area (Å²) in [4.78, 5) is 29.6. The Kier molecular flexibility index (Phi) is 15.5. The fraction of sp³-hybridized carbons (Fsp3) is 0.314. The van der Waals surface area contributed by atoms with Crippen LogP contribution in [-0.2, 0) is 30.7 Å². The standard InChI is InChI=1S/C51H54FN8O7P/c1-34(2)60(35(3)4)68(65-28-12-26-53)67-46-43(66-50(44(46)52)59-33-57-45-47(55-32-56-48(45)59)58-49(61)37-13-8-6-9-14-37)31-64-51(38-15-10-7-11-16-38,39-17-21-41(62-5)22-18-39)40-19-23-42(24-20-40)63-30-36-25-27-54-29-36/h6-11,13-25,27,29,32-35,43-44,46,50,54H,12,28,30-31H2,1-5H3,(H,55,56,58,61)/t43-,44+,46-,50-,51?,68?/m1/s1. The van der Waals surface area contributed by atoms with Crippen LogP contribution in [0.4, 0.5) is 10.2 Å². The van der Waals surface area contributed by atoms with Crippen LogP contribution < -0.4 is 14.8 Å². The molecule has 1 amide bonds. The lowest BCUT2D eigenvalue weighted by molar-refractivity contribution is -0.0919. The van der Waals surface area contributed by atoms with Crippen LogP contribution >= 0.6 is 8.53 Å². The van der Waals surface area contributed by atoms with E-state index >= 15 is 4.39 Å². The van der Waals surface area contributed by atoms with Crippen molar-refractivity contribution in [2.45, 2.75) is 83.0 Å². The molecule has 68 heavy (non-hydrogen) atoms. The zero-order valence-electron chi connectivity index (χ0n) is 38.4. The second-order valence-electron chi connectivity index (χ2n) is 16.6. The number of fused-ring (bicyclic) bond motifs is 1. The zero-order valence-corrected chi connectivity index (χ0v) is 39.3. The van der Waals surface area contributed by atoms with Crippen molar-refractivity contribution in [2.75, 3.05) is 25.6 Å². The van der Waals surface area contributed by atoms with E-state index in [4.69, 9.17) is 28.0 Å². The van der Waals surface area contributed by atoms with Crippen molar-refractivity contribution < 1.29 is 37.2 Å². The van der Waals surface area contributed by atoms with Gasteiger partial charge in [-0.3, -0.25) is 9.36 Å². The number of amides is 1. The summed E-state index contributed by atoms with van der Waals surface area (Å²) in [6.07, 6.45) is 1.08. The number of nitrogens with one attached hydrogen (secondary N) is 2. The first-order chi connectivity index (χ1) is 33.1. The molecular weight excluding hydrogens is 887 g/mol. The van der Waals surface area contributed by atoms with Crippen LogP contribution in [-0.4, -0.2) is 85.9 Å². The molecule has 1 fully saturated rings. The summed E-state index contributed by atoms with van der Waals surface area (Å²) >= 11 is 0. The molecule has 0 spiro atoms. The van der Waals surface area contributed by atoms with Gasteiger partial charge >= 0.3 is 0 Å². The van der Waals surface area contributed by atoms with Crippen LogP contribution in [0.15, 0.2) is 140 Å². The first-order valence-electron chi connectivity index (χ1n) is 22.4. The predicted octanol–water partition coefficient (Wildman–Crippen LogP) is 9.90. The number of halogens is 1. The van der Waals surface area contributed by atoms with E-state index in [9.17, 15) is 10.1 Å². The molecule has 8 rings (SSSR count). The quantitative estimate of drug-likeness (QED) is 0.0398. The number of H-pyrrole nitrogens is 1. The van der Waals surface area contributed by atoms with Crippen molar-refractivity contribution in [1.29, 1.82) is 5.26 Å². The lowest BCUT2D eigenvalue weighted by Gasteiger charge is -2.39. The van der Waals surface area contributed by atoms with Crippen molar-refractivity contribution in [3.63, 3.8) is 0 Å². The average molecular weight is 941 g/mol. The summed E-state index contributed by atoms with van der Waals surface area (Å²) in [7, 11) is -0.335. The number of nitrogens with zero attached hydrogens (tertiary/aromatic N) is 6. The number of hydrogen-bond acceptors (Lipinski definition) is 12. The number of aromatic amines is 1. The van der Waals surface area contributed by atoms with E-state index in [-0.39, 0.29) is 48.7 Å². The molecular formula is C51H54FN8O7P. The van der Waals surface area contributed by atoms with Gasteiger partial charge in [0.1, 0.15) is 42.2 Å². The minimum Gasteiger partial charge on any atom is -0.497 e. The molecule has 0 radical (unpaired) electrons. The number of methoxy groups -OCH3 is 1. The Bertz CT molecular complexity index is 2730. The van der Waals surface area contributed by atoms with Crippen LogP contribution in [0.25, 0.3) is 11.2 Å². The van der Waals surface area contributed by atoms with Crippen LogP contribution in [0.5, 0.6) is 11.5 Å². The number of rotatable bonds is 21. The summed E-state index contributed by atoms with van der Waals surface area (Å²) in [5.74, 6) is 1.07. The largest absolute Gasteiger partial charge is 0.497 e. The molecule has 7 aromatic rings. The Morgan fingerprint density at radius 2 is 1.57 bits per heavy atom. The minimum absolute atomic E-state index is 0.0661. The number of imidazole rings is 1. The maximum atomic E-state index is 17.8. The first kappa shape index (κ1) is 47.9. The monoisotopic (exact) mass is 940 g/mol. The summed E-state index contributed by atoms with van der Waals surface area (Å²) in [5, 5.41) is 12.3. The van der Waals surface area contributed by atoms with Crippen LogP contribution in [0, 0.1) is 11.3 Å². The predicted molar refractivity (Wildman–Crippen MR) is 255 cm³/mol. The molecule has 1 aliphatic rings. The number of carbonyl (C=O) groups is 1. The highest BCUT2D eigenvalue weighted by atomic mass is 31.2. The third kappa shape index (κ3) is 10.4. The molecule has 15 nitrogen and oxygen atoms in total. The van der Waals surface area contributed by atoms with E-state index in [1.165, 1.54) is 17.2 Å². The highest BCUT2D eigenvalue weighted by Gasteiger charge is 2.51. The molecule has 4 heterocycles. The van der Waals surface area contributed by atoms with Gasteiger partial charge in [0.25, 0.3) is 14.4 Å². The van der Waals surface area contributed by atoms with E-state index < -0.39 is 44.6 Å². The highest BCUT2D eigenvalue weighted by molar-refractivity contribution is 7.44. The van der Waals surface area contributed by atoms with Gasteiger partial charge in [0.15, 0.2) is 29.4 Å². The fourth-order valence-corrected chi connectivity index (χ4v) is 10.1. The van der Waals surface area contributed by atoms with Gasteiger partial charge in [-0.05, 0) is 86.8 Å². The Hall–Kier alpha value is -6.57. The fourth-order valence-electron chi connectivity index (χ4n) is 8.33. The summed E-state index contributed by atoms with van der Waals surface area (Å²) in [6.45, 7) is 8.32. The van der Waals surface area contributed by atoms with Gasteiger partial charge in [0.2, 0.25) is 0 Å². The number of benzene rings is 4. The molecule has 4 aromatic carbocycles. The first-order valence-corrected chi connectivity index (χ1v) is 23.5. The Morgan fingerprint density at radius 3 is 2.21 bits per heavy atom. The maximum Gasteiger partial charge on any atom is 0.259 e. The zero-order chi connectivity index (χ0) is 47.6. The third-order valence-corrected chi connectivity index (χ3v) is 13.6. The molecule has 0 bridgehead atoms. The maximum absolute atomic E-state index is 17.8. The van der Waals surface area contributed by atoms with Gasteiger partial charge in [0, 0.05) is 35.6 Å². The number of alkyl halides is 1. The summed E-state index contributed by atoms with van der Waals surface area (Å²) in [6, 6.07) is 37.8. The lowest BCUT2D eigenvalue weighted by atomic mass is 9.80. The van der Waals surface area contributed by atoms with Gasteiger partial charge in [-0.25, -0.2) is 24.0 Å².